The van der Waals surface area contributed by atoms with E-state index in [2.05, 4.69) is 5.32 Å². The first-order valence-electron chi connectivity index (χ1n) is 7.91. The quantitative estimate of drug-likeness (QED) is 0.582. The highest BCUT2D eigenvalue weighted by atomic mass is 35.5. The Morgan fingerprint density at radius 3 is 2.52 bits per heavy atom. The number of hydrogen-bond donors (Lipinski definition) is 1. The summed E-state index contributed by atoms with van der Waals surface area (Å²) in [6.45, 7) is -0.146. The second-order valence-corrected chi connectivity index (χ2v) is 7.71. The Hall–Kier alpha value is -2.35. The first-order chi connectivity index (χ1) is 13.0. The Morgan fingerprint density at radius 2 is 1.89 bits per heavy atom. The molecule has 2 amide bonds. The molecule has 0 unspecified atom stereocenters. The van der Waals surface area contributed by atoms with Gasteiger partial charge in [-0.2, -0.15) is 0 Å². The van der Waals surface area contributed by atoms with Gasteiger partial charge in [0.05, 0.1) is 12.0 Å². The zero-order valence-electron chi connectivity index (χ0n) is 14.3. The summed E-state index contributed by atoms with van der Waals surface area (Å²) in [5.41, 5.74) is 1.45. The Labute approximate surface area is 171 Å². The van der Waals surface area contributed by atoms with Gasteiger partial charge >= 0.3 is 0 Å². The third kappa shape index (κ3) is 4.88. The average molecular weight is 419 g/mol. The summed E-state index contributed by atoms with van der Waals surface area (Å²) >= 11 is 12.3. The lowest BCUT2D eigenvalue weighted by Crippen LogP contribution is -2.36. The van der Waals surface area contributed by atoms with E-state index >= 15 is 0 Å². The molecule has 1 aliphatic heterocycles. The molecule has 1 saturated heterocycles. The number of anilines is 1. The number of nitrogens with zero attached hydrogens (tertiary/aromatic N) is 1. The standard InChI is InChI=1S/C19H15ClN2O3S2/c1-25-15-8-2-12(3-9-15)10-16-18(24)22(19(26)27-16)11-17(23)21-14-6-4-13(20)5-7-14/h2-10H,11H2,1H3,(H,21,23)/b16-10-. The molecule has 1 aliphatic rings. The SMILES string of the molecule is COc1ccc(/C=C2\SC(=S)N(CC(=O)Nc3ccc(Cl)cc3)C2=O)cc1. The van der Waals surface area contributed by atoms with Gasteiger partial charge < -0.3 is 10.1 Å². The number of halogens is 1. The van der Waals surface area contributed by atoms with Gasteiger partial charge in [0.2, 0.25) is 5.91 Å². The molecule has 0 spiro atoms. The van der Waals surface area contributed by atoms with Crippen LogP contribution in [-0.4, -0.2) is 34.7 Å². The van der Waals surface area contributed by atoms with Crippen LogP contribution in [0.5, 0.6) is 5.75 Å². The number of carbonyl (C=O) groups is 2. The molecule has 27 heavy (non-hydrogen) atoms. The van der Waals surface area contributed by atoms with Crippen molar-refractivity contribution in [3.8, 4) is 5.75 Å². The van der Waals surface area contributed by atoms with Gasteiger partial charge in [-0.25, -0.2) is 0 Å². The maximum atomic E-state index is 12.6. The lowest BCUT2D eigenvalue weighted by atomic mass is 10.2. The van der Waals surface area contributed by atoms with Crippen molar-refractivity contribution in [3.05, 3.63) is 64.0 Å². The van der Waals surface area contributed by atoms with Crippen molar-refractivity contribution in [2.24, 2.45) is 0 Å². The Balaban J connectivity index is 1.67. The molecule has 1 fully saturated rings. The van der Waals surface area contributed by atoms with E-state index in [0.717, 1.165) is 11.3 Å². The van der Waals surface area contributed by atoms with Crippen LogP contribution in [0.1, 0.15) is 5.56 Å². The molecular formula is C19H15ClN2O3S2. The van der Waals surface area contributed by atoms with E-state index in [1.807, 2.05) is 24.3 Å². The van der Waals surface area contributed by atoms with Crippen molar-refractivity contribution in [2.45, 2.75) is 0 Å². The predicted octanol–water partition coefficient (Wildman–Crippen LogP) is 4.19. The minimum atomic E-state index is -0.334. The number of nitrogens with one attached hydrogen (secondary N) is 1. The van der Waals surface area contributed by atoms with E-state index in [-0.39, 0.29) is 18.4 Å². The Morgan fingerprint density at radius 1 is 1.22 bits per heavy atom. The molecule has 138 valence electrons. The summed E-state index contributed by atoms with van der Waals surface area (Å²) in [6, 6.07) is 14.0. The minimum Gasteiger partial charge on any atom is -0.497 e. The Bertz CT molecular complexity index is 912. The zero-order valence-corrected chi connectivity index (χ0v) is 16.7. The van der Waals surface area contributed by atoms with Crippen molar-refractivity contribution >= 4 is 63.5 Å². The fourth-order valence-electron chi connectivity index (χ4n) is 2.37. The molecule has 1 heterocycles. The molecule has 2 aromatic rings. The molecule has 0 aromatic heterocycles. The predicted molar refractivity (Wildman–Crippen MR) is 113 cm³/mol. The van der Waals surface area contributed by atoms with Crippen LogP contribution in [0.15, 0.2) is 53.4 Å². The normalized spacial score (nSPS) is 15.3. The van der Waals surface area contributed by atoms with E-state index in [4.69, 9.17) is 28.6 Å². The molecule has 8 heteroatoms. The van der Waals surface area contributed by atoms with Crippen LogP contribution in [-0.2, 0) is 9.59 Å². The number of ether oxygens (including phenoxy) is 1. The topological polar surface area (TPSA) is 58.6 Å². The fourth-order valence-corrected chi connectivity index (χ4v) is 3.75. The highest BCUT2D eigenvalue weighted by molar-refractivity contribution is 8.26. The zero-order chi connectivity index (χ0) is 19.4. The smallest absolute Gasteiger partial charge is 0.266 e. The van der Waals surface area contributed by atoms with Crippen LogP contribution >= 0.6 is 35.6 Å². The van der Waals surface area contributed by atoms with Crippen molar-refractivity contribution in [3.63, 3.8) is 0 Å². The number of thioether (sulfide) groups is 1. The average Bonchev–Trinajstić information content (AvgIpc) is 2.91. The second-order valence-electron chi connectivity index (χ2n) is 5.60. The number of amides is 2. The Kier molecular flexibility index (Phi) is 6.15. The van der Waals surface area contributed by atoms with Gasteiger partial charge in [-0.1, -0.05) is 47.7 Å². The summed E-state index contributed by atoms with van der Waals surface area (Å²) < 4.78 is 5.47. The molecule has 0 aliphatic carbocycles. The molecule has 0 atom stereocenters. The highest BCUT2D eigenvalue weighted by Gasteiger charge is 2.33. The van der Waals surface area contributed by atoms with Crippen LogP contribution in [0, 0.1) is 0 Å². The highest BCUT2D eigenvalue weighted by Crippen LogP contribution is 2.32. The monoisotopic (exact) mass is 418 g/mol. The fraction of sp³-hybridized carbons (Fsp3) is 0.105. The van der Waals surface area contributed by atoms with E-state index in [9.17, 15) is 9.59 Å². The van der Waals surface area contributed by atoms with Gasteiger partial charge in [0.25, 0.3) is 5.91 Å². The first-order valence-corrected chi connectivity index (χ1v) is 9.51. The molecule has 1 N–H and O–H groups in total. The summed E-state index contributed by atoms with van der Waals surface area (Å²) in [6.07, 6.45) is 1.75. The summed E-state index contributed by atoms with van der Waals surface area (Å²) in [7, 11) is 1.59. The van der Waals surface area contributed by atoms with E-state index in [0.29, 0.717) is 19.9 Å². The number of rotatable bonds is 5. The first kappa shape index (κ1) is 19.4. The molecular weight excluding hydrogens is 404 g/mol. The molecule has 2 aromatic carbocycles. The van der Waals surface area contributed by atoms with Crippen molar-refractivity contribution in [2.75, 3.05) is 19.0 Å². The van der Waals surface area contributed by atoms with Crippen LogP contribution in [0.2, 0.25) is 5.02 Å². The second kappa shape index (κ2) is 8.56. The van der Waals surface area contributed by atoms with Gasteiger partial charge in [0.15, 0.2) is 0 Å². The van der Waals surface area contributed by atoms with Gasteiger partial charge in [0.1, 0.15) is 16.6 Å². The maximum absolute atomic E-state index is 12.6. The van der Waals surface area contributed by atoms with Crippen molar-refractivity contribution in [1.82, 2.24) is 4.90 Å². The molecule has 0 radical (unpaired) electrons. The maximum Gasteiger partial charge on any atom is 0.266 e. The van der Waals surface area contributed by atoms with Gasteiger partial charge in [-0.3, -0.25) is 14.5 Å². The summed E-state index contributed by atoms with van der Waals surface area (Å²) in [5, 5.41) is 3.30. The van der Waals surface area contributed by atoms with E-state index in [1.54, 1.807) is 37.5 Å². The lowest BCUT2D eigenvalue weighted by Gasteiger charge is -2.14. The van der Waals surface area contributed by atoms with Crippen LogP contribution in [0.25, 0.3) is 6.08 Å². The third-order valence-electron chi connectivity index (χ3n) is 3.72. The minimum absolute atomic E-state index is 0.146. The molecule has 3 rings (SSSR count). The number of methoxy groups -OCH3 is 1. The van der Waals surface area contributed by atoms with Gasteiger partial charge in [-0.05, 0) is 48.0 Å². The molecule has 0 bridgehead atoms. The van der Waals surface area contributed by atoms with Crippen molar-refractivity contribution in [1.29, 1.82) is 0 Å². The van der Waals surface area contributed by atoms with E-state index in [1.165, 1.54) is 16.7 Å². The largest absolute Gasteiger partial charge is 0.497 e. The number of benzene rings is 2. The number of hydrogen-bond acceptors (Lipinski definition) is 5. The van der Waals surface area contributed by atoms with Crippen molar-refractivity contribution < 1.29 is 14.3 Å². The third-order valence-corrected chi connectivity index (χ3v) is 5.35. The van der Waals surface area contributed by atoms with Crippen LogP contribution in [0.4, 0.5) is 5.69 Å². The molecule has 0 saturated carbocycles. The van der Waals surface area contributed by atoms with E-state index < -0.39 is 0 Å². The van der Waals surface area contributed by atoms with Gasteiger partial charge in [0, 0.05) is 10.7 Å². The summed E-state index contributed by atoms with van der Waals surface area (Å²) in [5.74, 6) is 0.116. The number of carbonyl (C=O) groups excluding carboxylic acids is 2. The molecule has 5 nitrogen and oxygen atoms in total. The summed E-state index contributed by atoms with van der Waals surface area (Å²) in [4.78, 5) is 26.6. The van der Waals surface area contributed by atoms with Crippen LogP contribution < -0.4 is 10.1 Å². The number of thiocarbonyl (C=S) groups is 1. The lowest BCUT2D eigenvalue weighted by molar-refractivity contribution is -0.126. The van der Waals surface area contributed by atoms with Gasteiger partial charge in [-0.15, -0.1) is 0 Å². The van der Waals surface area contributed by atoms with Crippen LogP contribution in [0.3, 0.4) is 0 Å².